The molecular formula is C7H9ClF2N4O. The molecule has 0 spiro atoms. The fraction of sp³-hybridized carbons (Fsp3) is 0.429. The van der Waals surface area contributed by atoms with Crippen LogP contribution in [0.15, 0.2) is 11.1 Å². The number of aromatic nitrogens is 2. The van der Waals surface area contributed by atoms with Crippen LogP contribution in [0.2, 0.25) is 5.02 Å². The molecule has 0 aliphatic rings. The second kappa shape index (κ2) is 4.54. The Bertz CT molecular complexity index is 395. The van der Waals surface area contributed by atoms with Crippen LogP contribution in [0.25, 0.3) is 0 Å². The van der Waals surface area contributed by atoms with Gasteiger partial charge >= 0.3 is 0 Å². The summed E-state index contributed by atoms with van der Waals surface area (Å²) in [6.07, 6.45) is 1.07. The molecular weight excluding hydrogens is 230 g/mol. The van der Waals surface area contributed by atoms with Gasteiger partial charge < -0.3 is 16.0 Å². The molecule has 84 valence electrons. The van der Waals surface area contributed by atoms with Gasteiger partial charge in [-0.1, -0.05) is 11.6 Å². The van der Waals surface area contributed by atoms with Crippen molar-refractivity contribution in [1.82, 2.24) is 9.97 Å². The molecule has 0 unspecified atom stereocenters. The van der Waals surface area contributed by atoms with Crippen LogP contribution in [0.1, 0.15) is 0 Å². The van der Waals surface area contributed by atoms with E-state index in [9.17, 15) is 13.6 Å². The topological polar surface area (TPSA) is 83.8 Å². The first kappa shape index (κ1) is 11.9. The van der Waals surface area contributed by atoms with Gasteiger partial charge in [0.15, 0.2) is 5.82 Å². The lowest BCUT2D eigenvalue weighted by Crippen LogP contribution is -2.35. The summed E-state index contributed by atoms with van der Waals surface area (Å²) in [7, 11) is 0. The predicted molar refractivity (Wildman–Crippen MR) is 52.4 cm³/mol. The zero-order valence-electron chi connectivity index (χ0n) is 7.56. The van der Waals surface area contributed by atoms with Gasteiger partial charge in [0, 0.05) is 0 Å². The van der Waals surface area contributed by atoms with Gasteiger partial charge in [-0.15, -0.1) is 0 Å². The Kier molecular flexibility index (Phi) is 3.59. The van der Waals surface area contributed by atoms with E-state index >= 15 is 0 Å². The molecule has 1 heterocycles. The summed E-state index contributed by atoms with van der Waals surface area (Å²) in [5, 5.41) is 1.99. The molecule has 15 heavy (non-hydrogen) atoms. The lowest BCUT2D eigenvalue weighted by atomic mass is 10.3. The third kappa shape index (κ3) is 3.14. The van der Waals surface area contributed by atoms with E-state index in [0.29, 0.717) is 0 Å². The first-order chi connectivity index (χ1) is 6.96. The van der Waals surface area contributed by atoms with Crippen molar-refractivity contribution in [2.24, 2.45) is 5.73 Å². The van der Waals surface area contributed by atoms with Crippen LogP contribution in [0.4, 0.5) is 14.6 Å². The molecule has 0 fully saturated rings. The number of nitrogens with two attached hydrogens (primary N) is 1. The van der Waals surface area contributed by atoms with Gasteiger partial charge in [0.05, 0.1) is 19.4 Å². The minimum Gasteiger partial charge on any atom is -0.363 e. The lowest BCUT2D eigenvalue weighted by Gasteiger charge is -2.14. The van der Waals surface area contributed by atoms with E-state index in [2.05, 4.69) is 15.3 Å². The van der Waals surface area contributed by atoms with E-state index in [1.807, 2.05) is 0 Å². The maximum absolute atomic E-state index is 12.7. The predicted octanol–water partition coefficient (Wildman–Crippen LogP) is 0.429. The molecule has 5 nitrogen and oxygen atoms in total. The Morgan fingerprint density at radius 1 is 1.67 bits per heavy atom. The number of halogens is 3. The maximum atomic E-state index is 12.7. The quantitative estimate of drug-likeness (QED) is 0.710. The Labute approximate surface area is 88.7 Å². The summed E-state index contributed by atoms with van der Waals surface area (Å²) in [4.78, 5) is 16.8. The maximum Gasteiger partial charge on any atom is 0.276 e. The van der Waals surface area contributed by atoms with Gasteiger partial charge in [0.25, 0.3) is 11.5 Å². The average molecular weight is 239 g/mol. The van der Waals surface area contributed by atoms with Crippen LogP contribution in [0, 0.1) is 0 Å². The Balaban J connectivity index is 2.74. The summed E-state index contributed by atoms with van der Waals surface area (Å²) in [5.41, 5.74) is 4.23. The number of nitrogens with zero attached hydrogens (tertiary/aromatic N) is 1. The van der Waals surface area contributed by atoms with Crippen molar-refractivity contribution in [3.63, 3.8) is 0 Å². The highest BCUT2D eigenvalue weighted by Gasteiger charge is 2.26. The summed E-state index contributed by atoms with van der Waals surface area (Å²) in [6.45, 7) is -1.51. The highest BCUT2D eigenvalue weighted by molar-refractivity contribution is 6.32. The molecule has 4 N–H and O–H groups in total. The first-order valence-corrected chi connectivity index (χ1v) is 4.39. The van der Waals surface area contributed by atoms with Crippen LogP contribution in [0.3, 0.4) is 0 Å². The SMILES string of the molecule is NCC(F)(F)CNc1nc[nH]c(=O)c1Cl. The molecule has 0 saturated heterocycles. The van der Waals surface area contributed by atoms with Crippen LogP contribution < -0.4 is 16.6 Å². The van der Waals surface area contributed by atoms with Crippen LogP contribution >= 0.6 is 11.6 Å². The van der Waals surface area contributed by atoms with Gasteiger partial charge in [0.2, 0.25) is 0 Å². The van der Waals surface area contributed by atoms with Gasteiger partial charge in [-0.25, -0.2) is 13.8 Å². The van der Waals surface area contributed by atoms with Crippen molar-refractivity contribution in [2.75, 3.05) is 18.4 Å². The molecule has 1 aromatic heterocycles. The summed E-state index contributed by atoms with van der Waals surface area (Å²) >= 11 is 5.52. The molecule has 0 aliphatic heterocycles. The Morgan fingerprint density at radius 3 is 2.93 bits per heavy atom. The van der Waals surface area contributed by atoms with E-state index in [1.54, 1.807) is 0 Å². The molecule has 0 aromatic carbocycles. The van der Waals surface area contributed by atoms with Gasteiger partial charge in [0.1, 0.15) is 5.02 Å². The molecule has 8 heteroatoms. The van der Waals surface area contributed by atoms with Crippen LogP contribution in [-0.2, 0) is 0 Å². The average Bonchev–Trinajstić information content (AvgIpc) is 2.20. The fourth-order valence-corrected chi connectivity index (χ4v) is 0.962. The third-order valence-corrected chi connectivity index (χ3v) is 1.96. The molecule has 0 amide bonds. The van der Waals surface area contributed by atoms with Crippen molar-refractivity contribution in [3.8, 4) is 0 Å². The van der Waals surface area contributed by atoms with Crippen LogP contribution in [-0.4, -0.2) is 29.0 Å². The minimum atomic E-state index is -3.06. The monoisotopic (exact) mass is 238 g/mol. The van der Waals surface area contributed by atoms with Gasteiger partial charge in [-0.2, -0.15) is 0 Å². The van der Waals surface area contributed by atoms with Crippen molar-refractivity contribution in [3.05, 3.63) is 21.7 Å². The van der Waals surface area contributed by atoms with Crippen molar-refractivity contribution in [1.29, 1.82) is 0 Å². The zero-order chi connectivity index (χ0) is 11.5. The molecule has 0 bridgehead atoms. The van der Waals surface area contributed by atoms with E-state index in [4.69, 9.17) is 17.3 Å². The number of H-pyrrole nitrogens is 1. The molecule has 1 aromatic rings. The van der Waals surface area contributed by atoms with E-state index in [-0.39, 0.29) is 10.8 Å². The summed E-state index contributed by atoms with van der Waals surface area (Å²) < 4.78 is 25.5. The second-order valence-electron chi connectivity index (χ2n) is 2.81. The van der Waals surface area contributed by atoms with Gasteiger partial charge in [-0.3, -0.25) is 4.79 Å². The third-order valence-electron chi connectivity index (χ3n) is 1.61. The molecule has 0 atom stereocenters. The van der Waals surface area contributed by atoms with E-state index < -0.39 is 24.6 Å². The number of rotatable bonds is 4. The number of alkyl halides is 2. The number of hydrogen-bond donors (Lipinski definition) is 3. The number of anilines is 1. The van der Waals surface area contributed by atoms with E-state index in [1.165, 1.54) is 0 Å². The van der Waals surface area contributed by atoms with Gasteiger partial charge in [-0.05, 0) is 0 Å². The van der Waals surface area contributed by atoms with E-state index in [0.717, 1.165) is 6.33 Å². The molecule has 0 aliphatic carbocycles. The van der Waals surface area contributed by atoms with Crippen LogP contribution in [0.5, 0.6) is 0 Å². The number of nitrogens with one attached hydrogen (secondary N) is 2. The summed E-state index contributed by atoms with van der Waals surface area (Å²) in [6, 6.07) is 0. The molecule has 0 saturated carbocycles. The van der Waals surface area contributed by atoms with Crippen molar-refractivity contribution in [2.45, 2.75) is 5.92 Å². The Hall–Kier alpha value is -1.21. The fourth-order valence-electron chi connectivity index (χ4n) is 0.791. The second-order valence-corrected chi connectivity index (χ2v) is 3.19. The molecule has 0 radical (unpaired) electrons. The Morgan fingerprint density at radius 2 is 2.33 bits per heavy atom. The largest absolute Gasteiger partial charge is 0.363 e. The van der Waals surface area contributed by atoms with Crippen molar-refractivity contribution < 1.29 is 8.78 Å². The normalized spacial score (nSPS) is 11.5. The smallest absolute Gasteiger partial charge is 0.276 e. The number of hydrogen-bond acceptors (Lipinski definition) is 4. The first-order valence-electron chi connectivity index (χ1n) is 4.01. The van der Waals surface area contributed by atoms with Crippen molar-refractivity contribution >= 4 is 17.4 Å². The highest BCUT2D eigenvalue weighted by atomic mass is 35.5. The zero-order valence-corrected chi connectivity index (χ0v) is 8.31. The minimum absolute atomic E-state index is 0.0893. The standard InChI is InChI=1S/C7H9ClF2N4O/c8-4-5(13-3-14-6(4)15)12-2-7(9,10)1-11/h3H,1-2,11H2,(H2,12,13,14,15). The lowest BCUT2D eigenvalue weighted by molar-refractivity contribution is 0.0253. The number of aromatic amines is 1. The highest BCUT2D eigenvalue weighted by Crippen LogP contribution is 2.16. The summed E-state index contributed by atoms with van der Waals surface area (Å²) in [5.74, 6) is -3.15. The molecule has 1 rings (SSSR count).